The second-order valence-electron chi connectivity index (χ2n) is 3.30. The van der Waals surface area contributed by atoms with Gasteiger partial charge in [-0.3, -0.25) is 14.3 Å². The van der Waals surface area contributed by atoms with E-state index in [0.29, 0.717) is 11.4 Å². The van der Waals surface area contributed by atoms with Crippen molar-refractivity contribution >= 4 is 22.6 Å². The maximum absolute atomic E-state index is 11.7. The van der Waals surface area contributed by atoms with Crippen LogP contribution in [0.1, 0.15) is 0 Å². The van der Waals surface area contributed by atoms with E-state index in [0.717, 1.165) is 3.57 Å². The standard InChI is InChI=1S/C11H9IN2O3/c1-17-9-3-2-7(12)6-8(9)14-5-4-10(15)13-11(14)16/h2-6H,1H3,(H,13,15,16). The average Bonchev–Trinajstić information content (AvgIpc) is 2.29. The Morgan fingerprint density at radius 2 is 2.06 bits per heavy atom. The van der Waals surface area contributed by atoms with Crippen LogP contribution in [0, 0.1) is 3.57 Å². The van der Waals surface area contributed by atoms with Gasteiger partial charge in [0.25, 0.3) is 5.56 Å². The Bertz CT molecular complexity index is 660. The molecule has 0 saturated carbocycles. The third kappa shape index (κ3) is 2.41. The zero-order valence-electron chi connectivity index (χ0n) is 8.94. The first-order valence-corrected chi connectivity index (χ1v) is 5.85. The van der Waals surface area contributed by atoms with E-state index in [4.69, 9.17) is 4.74 Å². The van der Waals surface area contributed by atoms with Crippen molar-refractivity contribution in [3.63, 3.8) is 0 Å². The molecular weight excluding hydrogens is 335 g/mol. The van der Waals surface area contributed by atoms with Crippen molar-refractivity contribution in [1.29, 1.82) is 0 Å². The van der Waals surface area contributed by atoms with Crippen LogP contribution in [0.3, 0.4) is 0 Å². The van der Waals surface area contributed by atoms with Crippen molar-refractivity contribution in [1.82, 2.24) is 9.55 Å². The minimum Gasteiger partial charge on any atom is -0.495 e. The highest BCUT2D eigenvalue weighted by Gasteiger charge is 2.07. The first kappa shape index (κ1) is 11.9. The summed E-state index contributed by atoms with van der Waals surface area (Å²) in [6.07, 6.45) is 1.43. The van der Waals surface area contributed by atoms with Gasteiger partial charge < -0.3 is 4.74 Å². The van der Waals surface area contributed by atoms with Crippen LogP contribution in [-0.2, 0) is 0 Å². The van der Waals surface area contributed by atoms with E-state index < -0.39 is 11.2 Å². The van der Waals surface area contributed by atoms with E-state index in [1.54, 1.807) is 12.1 Å². The summed E-state index contributed by atoms with van der Waals surface area (Å²) < 4.78 is 7.49. The summed E-state index contributed by atoms with van der Waals surface area (Å²) in [5.74, 6) is 0.569. The van der Waals surface area contributed by atoms with Gasteiger partial charge in [-0.25, -0.2) is 4.79 Å². The third-order valence-electron chi connectivity index (χ3n) is 2.22. The lowest BCUT2D eigenvalue weighted by atomic mass is 10.3. The highest BCUT2D eigenvalue weighted by atomic mass is 127. The van der Waals surface area contributed by atoms with Gasteiger partial charge in [-0.05, 0) is 40.8 Å². The zero-order valence-corrected chi connectivity index (χ0v) is 11.1. The second-order valence-corrected chi connectivity index (χ2v) is 4.54. The molecule has 6 heteroatoms. The molecule has 2 aromatic rings. The van der Waals surface area contributed by atoms with Crippen LogP contribution in [0.25, 0.3) is 5.69 Å². The Morgan fingerprint density at radius 3 is 2.71 bits per heavy atom. The molecule has 17 heavy (non-hydrogen) atoms. The van der Waals surface area contributed by atoms with Crippen molar-refractivity contribution in [2.75, 3.05) is 7.11 Å². The van der Waals surface area contributed by atoms with E-state index in [1.807, 2.05) is 6.07 Å². The molecule has 0 amide bonds. The summed E-state index contributed by atoms with van der Waals surface area (Å²) in [5.41, 5.74) is -0.311. The smallest absolute Gasteiger partial charge is 0.333 e. The molecule has 1 N–H and O–H groups in total. The summed E-state index contributed by atoms with van der Waals surface area (Å²) in [7, 11) is 1.53. The number of aromatic amines is 1. The number of halogens is 1. The van der Waals surface area contributed by atoms with Crippen LogP contribution in [0.2, 0.25) is 0 Å². The van der Waals surface area contributed by atoms with Crippen molar-refractivity contribution in [3.05, 3.63) is 54.9 Å². The van der Waals surface area contributed by atoms with Gasteiger partial charge in [0.1, 0.15) is 5.75 Å². The van der Waals surface area contributed by atoms with Crippen molar-refractivity contribution < 1.29 is 4.74 Å². The van der Waals surface area contributed by atoms with Crippen molar-refractivity contribution in [2.45, 2.75) is 0 Å². The summed E-state index contributed by atoms with van der Waals surface area (Å²) in [5, 5.41) is 0. The maximum atomic E-state index is 11.7. The largest absolute Gasteiger partial charge is 0.495 e. The SMILES string of the molecule is COc1ccc(I)cc1-n1ccc(=O)[nH]c1=O. The molecule has 0 spiro atoms. The number of nitrogens with zero attached hydrogens (tertiary/aromatic N) is 1. The number of aromatic nitrogens is 2. The van der Waals surface area contributed by atoms with E-state index in [-0.39, 0.29) is 0 Å². The highest BCUT2D eigenvalue weighted by Crippen LogP contribution is 2.23. The molecule has 88 valence electrons. The number of nitrogens with one attached hydrogen (secondary N) is 1. The Hall–Kier alpha value is -1.57. The maximum Gasteiger partial charge on any atom is 0.333 e. The molecule has 0 saturated heterocycles. The fraction of sp³-hybridized carbons (Fsp3) is 0.0909. The quantitative estimate of drug-likeness (QED) is 0.831. The summed E-state index contributed by atoms with van der Waals surface area (Å²) in [6, 6.07) is 6.74. The molecule has 0 bridgehead atoms. The molecule has 2 rings (SSSR count). The van der Waals surface area contributed by atoms with E-state index in [9.17, 15) is 9.59 Å². The van der Waals surface area contributed by atoms with Gasteiger partial charge in [0.2, 0.25) is 0 Å². The molecule has 0 aliphatic rings. The Balaban J connectivity index is 2.71. The third-order valence-corrected chi connectivity index (χ3v) is 2.90. The topological polar surface area (TPSA) is 64.1 Å². The van der Waals surface area contributed by atoms with Crippen LogP contribution in [0.5, 0.6) is 5.75 Å². The van der Waals surface area contributed by atoms with Crippen molar-refractivity contribution in [2.24, 2.45) is 0 Å². The number of ether oxygens (including phenoxy) is 1. The normalized spacial score (nSPS) is 10.2. The molecule has 0 unspecified atom stereocenters. The molecule has 5 nitrogen and oxygen atoms in total. The van der Waals surface area contributed by atoms with E-state index in [2.05, 4.69) is 27.6 Å². The number of hydrogen-bond donors (Lipinski definition) is 1. The van der Waals surface area contributed by atoms with Crippen LogP contribution in [0.4, 0.5) is 0 Å². The molecule has 0 aliphatic carbocycles. The molecule has 1 heterocycles. The van der Waals surface area contributed by atoms with E-state index >= 15 is 0 Å². The number of hydrogen-bond acceptors (Lipinski definition) is 3. The Morgan fingerprint density at radius 1 is 1.29 bits per heavy atom. The summed E-state index contributed by atoms with van der Waals surface area (Å²) in [6.45, 7) is 0. The molecular formula is C11H9IN2O3. The van der Waals surface area contributed by atoms with Gasteiger partial charge in [0.15, 0.2) is 0 Å². The lowest BCUT2D eigenvalue weighted by Gasteiger charge is -2.10. The molecule has 0 aliphatic heterocycles. The van der Waals surface area contributed by atoms with Gasteiger partial charge in [-0.15, -0.1) is 0 Å². The zero-order chi connectivity index (χ0) is 12.4. The number of rotatable bonds is 2. The van der Waals surface area contributed by atoms with Gasteiger partial charge in [-0.2, -0.15) is 0 Å². The van der Waals surface area contributed by atoms with Gasteiger partial charge in [0, 0.05) is 15.8 Å². The number of methoxy groups -OCH3 is 1. The van der Waals surface area contributed by atoms with Crippen LogP contribution in [-0.4, -0.2) is 16.7 Å². The lowest BCUT2D eigenvalue weighted by Crippen LogP contribution is -2.27. The van der Waals surface area contributed by atoms with Crippen LogP contribution < -0.4 is 16.0 Å². The molecule has 0 radical (unpaired) electrons. The Kier molecular flexibility index (Phi) is 3.32. The highest BCUT2D eigenvalue weighted by molar-refractivity contribution is 14.1. The molecule has 0 atom stereocenters. The van der Waals surface area contributed by atoms with E-state index in [1.165, 1.54) is 23.9 Å². The molecule has 1 aromatic carbocycles. The second kappa shape index (κ2) is 4.74. The fourth-order valence-electron chi connectivity index (χ4n) is 1.46. The van der Waals surface area contributed by atoms with Crippen LogP contribution >= 0.6 is 22.6 Å². The average molecular weight is 344 g/mol. The molecule has 1 aromatic heterocycles. The minimum absolute atomic E-state index is 0.421. The van der Waals surface area contributed by atoms with Gasteiger partial charge in [-0.1, -0.05) is 0 Å². The first-order valence-electron chi connectivity index (χ1n) is 4.78. The predicted octanol–water partition coefficient (Wildman–Crippen LogP) is 1.14. The van der Waals surface area contributed by atoms with Crippen molar-refractivity contribution in [3.8, 4) is 11.4 Å². The van der Waals surface area contributed by atoms with Crippen LogP contribution in [0.15, 0.2) is 40.1 Å². The fourth-order valence-corrected chi connectivity index (χ4v) is 1.93. The van der Waals surface area contributed by atoms with Gasteiger partial charge in [0.05, 0.1) is 12.8 Å². The summed E-state index contributed by atoms with van der Waals surface area (Å²) in [4.78, 5) is 24.9. The summed E-state index contributed by atoms with van der Waals surface area (Å²) >= 11 is 2.14. The first-order chi connectivity index (χ1) is 8.11. The lowest BCUT2D eigenvalue weighted by molar-refractivity contribution is 0.412. The Labute approximate surface area is 110 Å². The monoisotopic (exact) mass is 344 g/mol. The minimum atomic E-state index is -0.488. The number of benzene rings is 1. The molecule has 0 fully saturated rings. The number of H-pyrrole nitrogens is 1. The predicted molar refractivity (Wildman–Crippen MR) is 71.9 cm³/mol. The van der Waals surface area contributed by atoms with Gasteiger partial charge >= 0.3 is 5.69 Å².